The van der Waals surface area contributed by atoms with Gasteiger partial charge in [0.05, 0.1) is 6.26 Å². The lowest BCUT2D eigenvalue weighted by atomic mass is 10.0. The molecule has 3 nitrogen and oxygen atoms in total. The van der Waals surface area contributed by atoms with Crippen LogP contribution in [0.2, 0.25) is 0 Å². The monoisotopic (exact) mass is 154 g/mol. The predicted molar refractivity (Wildman–Crippen MR) is 40.0 cm³/mol. The first-order valence-electron chi connectivity index (χ1n) is 3.35. The Kier molecular flexibility index (Phi) is 1.98. The molecule has 1 aliphatic rings. The van der Waals surface area contributed by atoms with E-state index in [9.17, 15) is 4.79 Å². The summed E-state index contributed by atoms with van der Waals surface area (Å²) in [7, 11) is 0. The van der Waals surface area contributed by atoms with Gasteiger partial charge < -0.3 is 9.84 Å². The predicted octanol–water partition coefficient (Wildman–Crippen LogP) is 1.32. The van der Waals surface area contributed by atoms with Crippen molar-refractivity contribution in [1.29, 1.82) is 0 Å². The molecule has 3 heteroatoms. The van der Waals surface area contributed by atoms with Crippen LogP contribution >= 0.6 is 0 Å². The van der Waals surface area contributed by atoms with Crippen LogP contribution in [0, 0.1) is 0 Å². The summed E-state index contributed by atoms with van der Waals surface area (Å²) in [5.41, 5.74) is 1.73. The first-order chi connectivity index (χ1) is 5.13. The maximum absolute atomic E-state index is 10.5. The molecule has 1 aliphatic heterocycles. The molecule has 0 aromatic rings. The van der Waals surface area contributed by atoms with Crippen molar-refractivity contribution in [3.63, 3.8) is 0 Å². The van der Waals surface area contributed by atoms with Gasteiger partial charge in [0.2, 0.25) is 6.10 Å². The molecule has 0 spiro atoms. The molecule has 0 amide bonds. The van der Waals surface area contributed by atoms with Crippen LogP contribution < -0.4 is 0 Å². The molecule has 1 unspecified atom stereocenters. The van der Waals surface area contributed by atoms with Crippen molar-refractivity contribution >= 4 is 5.97 Å². The summed E-state index contributed by atoms with van der Waals surface area (Å²) in [6.07, 6.45) is 2.38. The summed E-state index contributed by atoms with van der Waals surface area (Å²) < 4.78 is 4.88. The van der Waals surface area contributed by atoms with Crippen molar-refractivity contribution in [1.82, 2.24) is 0 Å². The molecule has 11 heavy (non-hydrogen) atoms. The van der Waals surface area contributed by atoms with E-state index in [1.807, 2.05) is 6.92 Å². The largest absolute Gasteiger partial charge is 0.482 e. The van der Waals surface area contributed by atoms with Gasteiger partial charge in [0.25, 0.3) is 0 Å². The maximum atomic E-state index is 10.5. The molecular formula is C8H10O3. The van der Waals surface area contributed by atoms with E-state index in [1.165, 1.54) is 6.26 Å². The lowest BCUT2D eigenvalue weighted by Gasteiger charge is -2.17. The Morgan fingerprint density at radius 2 is 2.27 bits per heavy atom. The smallest absolute Gasteiger partial charge is 0.349 e. The average molecular weight is 154 g/mol. The topological polar surface area (TPSA) is 46.5 Å². The molecule has 1 heterocycles. The number of ether oxygens (including phenoxy) is 1. The minimum Gasteiger partial charge on any atom is -0.482 e. The molecule has 0 saturated carbocycles. The van der Waals surface area contributed by atoms with E-state index in [2.05, 4.69) is 0 Å². The molecule has 0 aliphatic carbocycles. The van der Waals surface area contributed by atoms with E-state index in [1.54, 1.807) is 13.0 Å². The SMILES string of the molecule is CC1=C(C)C(C(=O)O)OC=C1. The van der Waals surface area contributed by atoms with Crippen LogP contribution in [0.3, 0.4) is 0 Å². The van der Waals surface area contributed by atoms with Crippen molar-refractivity contribution < 1.29 is 14.6 Å². The molecule has 0 saturated heterocycles. The lowest BCUT2D eigenvalue weighted by molar-refractivity contribution is -0.145. The molecule has 0 fully saturated rings. The van der Waals surface area contributed by atoms with Crippen molar-refractivity contribution in [2.45, 2.75) is 20.0 Å². The van der Waals surface area contributed by atoms with E-state index >= 15 is 0 Å². The summed E-state index contributed by atoms with van der Waals surface area (Å²) in [6, 6.07) is 0. The third-order valence-electron chi connectivity index (χ3n) is 1.77. The highest BCUT2D eigenvalue weighted by atomic mass is 16.5. The highest BCUT2D eigenvalue weighted by molar-refractivity contribution is 5.77. The third-order valence-corrected chi connectivity index (χ3v) is 1.77. The number of carboxylic acids is 1. The van der Waals surface area contributed by atoms with E-state index in [0.29, 0.717) is 0 Å². The Morgan fingerprint density at radius 3 is 2.73 bits per heavy atom. The zero-order chi connectivity index (χ0) is 8.43. The van der Waals surface area contributed by atoms with Crippen LogP contribution in [-0.4, -0.2) is 17.2 Å². The highest BCUT2D eigenvalue weighted by Gasteiger charge is 2.22. The molecule has 0 radical (unpaired) electrons. The molecule has 0 aromatic carbocycles. The number of hydrogen-bond donors (Lipinski definition) is 1. The van der Waals surface area contributed by atoms with Crippen LogP contribution in [-0.2, 0) is 9.53 Å². The van der Waals surface area contributed by atoms with Gasteiger partial charge in [-0.25, -0.2) is 4.79 Å². The minimum atomic E-state index is -0.939. The Balaban J connectivity index is 2.89. The first-order valence-corrected chi connectivity index (χ1v) is 3.35. The summed E-state index contributed by atoms with van der Waals surface area (Å²) in [5.74, 6) is -0.939. The molecule has 0 aromatic heterocycles. The fourth-order valence-corrected chi connectivity index (χ4v) is 0.904. The standard InChI is InChI=1S/C8H10O3/c1-5-3-4-11-7(6(5)2)8(9)10/h3-4,7H,1-2H3,(H,9,10). The zero-order valence-corrected chi connectivity index (χ0v) is 6.50. The summed E-state index contributed by atoms with van der Waals surface area (Å²) in [6.45, 7) is 3.63. The van der Waals surface area contributed by atoms with Crippen molar-refractivity contribution in [3.8, 4) is 0 Å². The Morgan fingerprint density at radius 1 is 1.64 bits per heavy atom. The van der Waals surface area contributed by atoms with Gasteiger partial charge in [0.1, 0.15) is 0 Å². The maximum Gasteiger partial charge on any atom is 0.349 e. The van der Waals surface area contributed by atoms with Crippen molar-refractivity contribution in [2.75, 3.05) is 0 Å². The fraction of sp³-hybridized carbons (Fsp3) is 0.375. The van der Waals surface area contributed by atoms with Gasteiger partial charge in [-0.15, -0.1) is 0 Å². The summed E-state index contributed by atoms with van der Waals surface area (Å²) in [5, 5.41) is 8.63. The number of allylic oxidation sites excluding steroid dienone is 2. The van der Waals surface area contributed by atoms with Crippen LogP contribution in [0.1, 0.15) is 13.8 Å². The minimum absolute atomic E-state index is 0.764. The van der Waals surface area contributed by atoms with Gasteiger partial charge in [-0.1, -0.05) is 0 Å². The average Bonchev–Trinajstić information content (AvgIpc) is 1.94. The zero-order valence-electron chi connectivity index (χ0n) is 6.50. The second-order valence-corrected chi connectivity index (χ2v) is 2.52. The van der Waals surface area contributed by atoms with Gasteiger partial charge in [-0.05, 0) is 31.1 Å². The van der Waals surface area contributed by atoms with Crippen LogP contribution in [0.15, 0.2) is 23.5 Å². The van der Waals surface area contributed by atoms with Gasteiger partial charge >= 0.3 is 5.97 Å². The molecule has 1 N–H and O–H groups in total. The Hall–Kier alpha value is -1.25. The number of aliphatic carboxylic acids is 1. The van der Waals surface area contributed by atoms with Crippen LogP contribution in [0.4, 0.5) is 0 Å². The molecule has 60 valence electrons. The molecule has 1 atom stereocenters. The lowest BCUT2D eigenvalue weighted by Crippen LogP contribution is -2.25. The van der Waals surface area contributed by atoms with Crippen molar-refractivity contribution in [2.24, 2.45) is 0 Å². The van der Waals surface area contributed by atoms with E-state index in [-0.39, 0.29) is 0 Å². The highest BCUT2D eigenvalue weighted by Crippen LogP contribution is 2.17. The van der Waals surface area contributed by atoms with Crippen molar-refractivity contribution in [3.05, 3.63) is 23.5 Å². The molecule has 0 bridgehead atoms. The quantitative estimate of drug-likeness (QED) is 0.619. The fourth-order valence-electron chi connectivity index (χ4n) is 0.904. The molecule has 1 rings (SSSR count). The van der Waals surface area contributed by atoms with Gasteiger partial charge in [0, 0.05) is 0 Å². The van der Waals surface area contributed by atoms with Crippen LogP contribution in [0.5, 0.6) is 0 Å². The van der Waals surface area contributed by atoms with E-state index in [0.717, 1.165) is 11.1 Å². The van der Waals surface area contributed by atoms with Gasteiger partial charge in [-0.3, -0.25) is 0 Å². The number of rotatable bonds is 1. The van der Waals surface area contributed by atoms with E-state index in [4.69, 9.17) is 9.84 Å². The first kappa shape index (κ1) is 7.85. The second kappa shape index (κ2) is 2.78. The summed E-state index contributed by atoms with van der Waals surface area (Å²) in [4.78, 5) is 10.5. The second-order valence-electron chi connectivity index (χ2n) is 2.52. The summed E-state index contributed by atoms with van der Waals surface area (Å²) >= 11 is 0. The van der Waals surface area contributed by atoms with Crippen LogP contribution in [0.25, 0.3) is 0 Å². The molecular weight excluding hydrogens is 144 g/mol. The Bertz CT molecular complexity index is 238. The van der Waals surface area contributed by atoms with Gasteiger partial charge in [-0.2, -0.15) is 0 Å². The normalized spacial score (nSPS) is 23.3. The number of hydrogen-bond acceptors (Lipinski definition) is 2. The number of carboxylic acid groups (broad SMARTS) is 1. The van der Waals surface area contributed by atoms with E-state index < -0.39 is 12.1 Å². The number of carbonyl (C=O) groups is 1. The van der Waals surface area contributed by atoms with Gasteiger partial charge in [0.15, 0.2) is 0 Å². The third kappa shape index (κ3) is 1.42. The Labute approximate surface area is 65.0 Å².